The van der Waals surface area contributed by atoms with Gasteiger partial charge in [0.25, 0.3) is 0 Å². The summed E-state index contributed by atoms with van der Waals surface area (Å²) in [5.74, 6) is 1.79. The molecule has 0 bridgehead atoms. The highest BCUT2D eigenvalue weighted by atomic mass is 127. The Morgan fingerprint density at radius 2 is 2.00 bits per heavy atom. The minimum Gasteiger partial charge on any atom is -0.363 e. The fourth-order valence-corrected chi connectivity index (χ4v) is 2.32. The van der Waals surface area contributed by atoms with Crippen molar-refractivity contribution in [1.82, 2.24) is 15.6 Å². The molecule has 2 aromatic rings. The zero-order valence-corrected chi connectivity index (χ0v) is 17.5. The first-order valence-electron chi connectivity index (χ1n) is 8.08. The van der Waals surface area contributed by atoms with Crippen molar-refractivity contribution in [2.24, 2.45) is 4.99 Å². The van der Waals surface area contributed by atoms with Crippen LogP contribution in [0, 0.1) is 0 Å². The minimum atomic E-state index is 0. The second kappa shape index (κ2) is 9.66. The fourth-order valence-electron chi connectivity index (χ4n) is 2.32. The smallest absolute Gasteiger partial charge is 0.191 e. The van der Waals surface area contributed by atoms with Gasteiger partial charge in [-0.2, -0.15) is 0 Å². The largest absolute Gasteiger partial charge is 0.363 e. The molecule has 0 aliphatic heterocycles. The topological polar surface area (TPSA) is 52.6 Å². The van der Waals surface area contributed by atoms with Gasteiger partial charge in [0.1, 0.15) is 5.82 Å². The number of nitrogens with one attached hydrogen (secondary N) is 2. The number of hydrogen-bond donors (Lipinski definition) is 2. The van der Waals surface area contributed by atoms with Gasteiger partial charge in [0.2, 0.25) is 0 Å². The van der Waals surface area contributed by atoms with Gasteiger partial charge in [0.05, 0.1) is 5.52 Å². The van der Waals surface area contributed by atoms with Gasteiger partial charge in [0, 0.05) is 39.1 Å². The van der Waals surface area contributed by atoms with Crippen molar-refractivity contribution >= 4 is 46.7 Å². The van der Waals surface area contributed by atoms with Gasteiger partial charge >= 0.3 is 0 Å². The zero-order valence-electron chi connectivity index (χ0n) is 15.1. The number of benzene rings is 1. The van der Waals surface area contributed by atoms with E-state index in [9.17, 15) is 0 Å². The highest BCUT2D eigenvalue weighted by molar-refractivity contribution is 14.0. The summed E-state index contributed by atoms with van der Waals surface area (Å²) in [5, 5.41) is 7.96. The molecule has 0 spiro atoms. The number of guanidine groups is 1. The first-order chi connectivity index (χ1) is 11.0. The summed E-state index contributed by atoms with van der Waals surface area (Å²) in [5.41, 5.74) is 2.23. The van der Waals surface area contributed by atoms with E-state index in [1.54, 1.807) is 7.05 Å². The molecule has 1 aromatic heterocycles. The predicted molar refractivity (Wildman–Crippen MR) is 115 cm³/mol. The van der Waals surface area contributed by atoms with Crippen LogP contribution in [-0.2, 0) is 6.54 Å². The van der Waals surface area contributed by atoms with E-state index < -0.39 is 0 Å². The van der Waals surface area contributed by atoms with Gasteiger partial charge in [-0.1, -0.05) is 25.1 Å². The number of para-hydroxylation sites is 1. The highest BCUT2D eigenvalue weighted by Crippen LogP contribution is 2.21. The Morgan fingerprint density at radius 3 is 2.62 bits per heavy atom. The molecule has 1 atom stereocenters. The van der Waals surface area contributed by atoms with Crippen LogP contribution < -0.4 is 15.5 Å². The molecule has 0 aliphatic carbocycles. The summed E-state index contributed by atoms with van der Waals surface area (Å²) in [6, 6.07) is 10.8. The average Bonchev–Trinajstić information content (AvgIpc) is 2.57. The van der Waals surface area contributed by atoms with Crippen molar-refractivity contribution in [3.05, 3.63) is 35.9 Å². The van der Waals surface area contributed by atoms with Crippen LogP contribution in [0.2, 0.25) is 0 Å². The standard InChI is InChI=1S/C18H27N5.HI/c1-6-13(2)21-18(19-3)20-12-14-11-17(23(4)5)22-16-10-8-7-9-15(14)16;/h7-11,13H,6,12H2,1-5H3,(H2,19,20,21);1H. The van der Waals surface area contributed by atoms with Crippen molar-refractivity contribution in [1.29, 1.82) is 0 Å². The highest BCUT2D eigenvalue weighted by Gasteiger charge is 2.08. The van der Waals surface area contributed by atoms with Gasteiger partial charge in [-0.3, -0.25) is 4.99 Å². The predicted octanol–water partition coefficient (Wildman–Crippen LogP) is 3.38. The second-order valence-electron chi connectivity index (χ2n) is 5.93. The Hall–Kier alpha value is -1.57. The van der Waals surface area contributed by atoms with Crippen LogP contribution in [0.15, 0.2) is 35.3 Å². The number of hydrogen-bond acceptors (Lipinski definition) is 3. The summed E-state index contributed by atoms with van der Waals surface area (Å²) < 4.78 is 0. The quantitative estimate of drug-likeness (QED) is 0.425. The van der Waals surface area contributed by atoms with Gasteiger partial charge in [-0.15, -0.1) is 24.0 Å². The van der Waals surface area contributed by atoms with Crippen LogP contribution in [-0.4, -0.2) is 38.1 Å². The molecule has 0 radical (unpaired) electrons. The molecule has 2 rings (SSSR count). The third kappa shape index (κ3) is 5.22. The molecular weight excluding hydrogens is 413 g/mol. The summed E-state index contributed by atoms with van der Waals surface area (Å²) in [7, 11) is 5.82. The number of anilines is 1. The van der Waals surface area contributed by atoms with E-state index in [2.05, 4.69) is 53.7 Å². The van der Waals surface area contributed by atoms with E-state index in [-0.39, 0.29) is 24.0 Å². The molecule has 0 saturated heterocycles. The average molecular weight is 441 g/mol. The van der Waals surface area contributed by atoms with Crippen LogP contribution in [0.1, 0.15) is 25.8 Å². The van der Waals surface area contributed by atoms with E-state index in [1.807, 2.05) is 25.1 Å². The van der Waals surface area contributed by atoms with Gasteiger partial charge in [-0.25, -0.2) is 4.98 Å². The van der Waals surface area contributed by atoms with Crippen molar-refractivity contribution < 1.29 is 0 Å². The normalized spacial score (nSPS) is 12.5. The number of rotatable bonds is 5. The molecule has 1 aromatic carbocycles. The van der Waals surface area contributed by atoms with Gasteiger partial charge in [-0.05, 0) is 31.0 Å². The van der Waals surface area contributed by atoms with Crippen LogP contribution in [0.25, 0.3) is 10.9 Å². The van der Waals surface area contributed by atoms with E-state index in [0.717, 1.165) is 23.7 Å². The number of halogens is 1. The van der Waals surface area contributed by atoms with E-state index >= 15 is 0 Å². The molecule has 0 aliphatic rings. The molecule has 1 unspecified atom stereocenters. The van der Waals surface area contributed by atoms with Crippen LogP contribution >= 0.6 is 24.0 Å². The van der Waals surface area contributed by atoms with E-state index in [0.29, 0.717) is 12.6 Å². The van der Waals surface area contributed by atoms with Gasteiger partial charge < -0.3 is 15.5 Å². The Labute approximate surface area is 162 Å². The molecule has 0 saturated carbocycles. The summed E-state index contributed by atoms with van der Waals surface area (Å²) in [6.07, 6.45) is 1.06. The van der Waals surface area contributed by atoms with Crippen LogP contribution in [0.5, 0.6) is 0 Å². The van der Waals surface area contributed by atoms with Crippen molar-refractivity contribution in [2.45, 2.75) is 32.9 Å². The van der Waals surface area contributed by atoms with Crippen molar-refractivity contribution in [3.63, 3.8) is 0 Å². The SMILES string of the molecule is CCC(C)NC(=NC)NCc1cc(N(C)C)nc2ccccc12.I. The third-order valence-corrected chi connectivity index (χ3v) is 3.91. The lowest BCUT2D eigenvalue weighted by Gasteiger charge is -2.18. The Morgan fingerprint density at radius 1 is 1.29 bits per heavy atom. The number of fused-ring (bicyclic) bond motifs is 1. The summed E-state index contributed by atoms with van der Waals surface area (Å²) in [6.45, 7) is 5.02. The number of aromatic nitrogens is 1. The fraction of sp³-hybridized carbons (Fsp3) is 0.444. The number of aliphatic imine (C=N–C) groups is 1. The Bertz CT molecular complexity index is 684. The van der Waals surface area contributed by atoms with Crippen molar-refractivity contribution in [2.75, 3.05) is 26.0 Å². The molecule has 6 heteroatoms. The lowest BCUT2D eigenvalue weighted by atomic mass is 10.1. The van der Waals surface area contributed by atoms with Crippen LogP contribution in [0.4, 0.5) is 5.82 Å². The third-order valence-electron chi connectivity index (χ3n) is 3.91. The molecule has 5 nitrogen and oxygen atoms in total. The summed E-state index contributed by atoms with van der Waals surface area (Å²) >= 11 is 0. The zero-order chi connectivity index (χ0) is 16.8. The molecule has 0 fully saturated rings. The van der Waals surface area contributed by atoms with Gasteiger partial charge in [0.15, 0.2) is 5.96 Å². The first kappa shape index (κ1) is 20.5. The lowest BCUT2D eigenvalue weighted by molar-refractivity contribution is 0.624. The molecule has 0 amide bonds. The van der Waals surface area contributed by atoms with Crippen molar-refractivity contribution in [3.8, 4) is 0 Å². The maximum Gasteiger partial charge on any atom is 0.191 e. The minimum absolute atomic E-state index is 0. The Balaban J connectivity index is 0.00000288. The first-order valence-corrected chi connectivity index (χ1v) is 8.08. The van der Waals surface area contributed by atoms with Crippen LogP contribution in [0.3, 0.4) is 0 Å². The summed E-state index contributed by atoms with van der Waals surface area (Å²) in [4.78, 5) is 11.0. The second-order valence-corrected chi connectivity index (χ2v) is 5.93. The molecule has 1 heterocycles. The number of nitrogens with zero attached hydrogens (tertiary/aromatic N) is 3. The molecule has 132 valence electrons. The lowest BCUT2D eigenvalue weighted by Crippen LogP contribution is -2.41. The molecule has 24 heavy (non-hydrogen) atoms. The maximum absolute atomic E-state index is 4.70. The Kier molecular flexibility index (Phi) is 8.24. The maximum atomic E-state index is 4.70. The monoisotopic (exact) mass is 441 g/mol. The van der Waals surface area contributed by atoms with E-state index in [1.165, 1.54) is 10.9 Å². The molecular formula is C18H28IN5. The van der Waals surface area contributed by atoms with E-state index in [4.69, 9.17) is 4.98 Å². The number of pyridine rings is 1. The molecule has 2 N–H and O–H groups in total.